The third-order valence-corrected chi connectivity index (χ3v) is 5.64. The Bertz CT molecular complexity index is 1020. The number of hydrogen-bond donors (Lipinski definition) is 2. The molecule has 9 nitrogen and oxygen atoms in total. The zero-order chi connectivity index (χ0) is 23.8. The van der Waals surface area contributed by atoms with Gasteiger partial charge in [-0.15, -0.1) is 0 Å². The molecule has 1 fully saturated rings. The van der Waals surface area contributed by atoms with Gasteiger partial charge in [-0.1, -0.05) is 12.1 Å². The summed E-state index contributed by atoms with van der Waals surface area (Å²) in [5.41, 5.74) is 3.05. The highest BCUT2D eigenvalue weighted by Crippen LogP contribution is 2.31. The molecule has 0 radical (unpaired) electrons. The third kappa shape index (κ3) is 6.55. The number of ether oxygens (including phenoxy) is 3. The first-order valence-corrected chi connectivity index (χ1v) is 11.4. The summed E-state index contributed by atoms with van der Waals surface area (Å²) in [6, 6.07) is 12.8. The van der Waals surface area contributed by atoms with Crippen molar-refractivity contribution in [2.24, 2.45) is 11.0 Å². The van der Waals surface area contributed by atoms with Crippen molar-refractivity contribution in [3.8, 4) is 5.75 Å². The Morgan fingerprint density at radius 3 is 2.74 bits per heavy atom. The average Bonchev–Trinajstić information content (AvgIpc) is 2.87. The second-order valence-corrected chi connectivity index (χ2v) is 8.24. The van der Waals surface area contributed by atoms with Crippen molar-refractivity contribution < 1.29 is 28.9 Å². The van der Waals surface area contributed by atoms with E-state index in [2.05, 4.69) is 10.4 Å². The smallest absolute Gasteiger partial charge is 0.306 e. The average molecular weight is 468 g/mol. The van der Waals surface area contributed by atoms with Crippen LogP contribution in [0.4, 0.5) is 5.69 Å². The number of rotatable bonds is 8. The van der Waals surface area contributed by atoms with E-state index in [4.69, 9.17) is 19.3 Å². The van der Waals surface area contributed by atoms with Crippen LogP contribution < -0.4 is 10.1 Å². The number of amides is 1. The Morgan fingerprint density at radius 1 is 1.18 bits per heavy atom. The number of carbonyl (C=O) groups is 2. The van der Waals surface area contributed by atoms with Crippen molar-refractivity contribution in [3.63, 3.8) is 0 Å². The van der Waals surface area contributed by atoms with Crippen LogP contribution in [0.1, 0.15) is 27.9 Å². The zero-order valence-electron chi connectivity index (χ0n) is 18.9. The Morgan fingerprint density at radius 2 is 1.97 bits per heavy atom. The molecule has 1 saturated heterocycles. The third-order valence-electron chi connectivity index (χ3n) is 5.64. The first-order chi connectivity index (χ1) is 16.6. The maximum atomic E-state index is 12.7. The van der Waals surface area contributed by atoms with Gasteiger partial charge in [0.1, 0.15) is 12.4 Å². The summed E-state index contributed by atoms with van der Waals surface area (Å²) in [5.74, 6) is 0.171. The number of anilines is 1. The van der Waals surface area contributed by atoms with E-state index < -0.39 is 0 Å². The number of benzene rings is 2. The van der Waals surface area contributed by atoms with E-state index in [1.165, 1.54) is 0 Å². The van der Waals surface area contributed by atoms with E-state index in [1.54, 1.807) is 24.4 Å². The minimum Gasteiger partial charge on any atom is -0.493 e. The monoisotopic (exact) mass is 467 g/mol. The Labute approximate surface area is 198 Å². The molecule has 1 amide bonds. The van der Waals surface area contributed by atoms with E-state index in [0.717, 1.165) is 30.0 Å². The molecule has 0 aromatic heterocycles. The van der Waals surface area contributed by atoms with Crippen LogP contribution in [0, 0.1) is 5.92 Å². The fourth-order valence-corrected chi connectivity index (χ4v) is 3.86. The second-order valence-electron chi connectivity index (χ2n) is 8.24. The molecule has 2 aromatic carbocycles. The van der Waals surface area contributed by atoms with Gasteiger partial charge in [-0.05, 0) is 47.9 Å². The van der Waals surface area contributed by atoms with Gasteiger partial charge in [0.2, 0.25) is 0 Å². The molecule has 1 unspecified atom stereocenters. The fraction of sp³-hybridized carbons (Fsp3) is 0.400. The first kappa shape index (κ1) is 23.7. The lowest BCUT2D eigenvalue weighted by molar-refractivity contribution is -0.146. The summed E-state index contributed by atoms with van der Waals surface area (Å²) in [6.07, 6.45) is 2.65. The summed E-state index contributed by atoms with van der Waals surface area (Å²) in [6.45, 7) is 3.15. The van der Waals surface area contributed by atoms with Crippen LogP contribution >= 0.6 is 0 Å². The minimum absolute atomic E-state index is 0.000822. The number of carbonyl (C=O) groups excluding carboxylic acids is 2. The van der Waals surface area contributed by atoms with Gasteiger partial charge < -0.3 is 24.6 Å². The number of aliphatic hydroxyl groups excluding tert-OH is 1. The summed E-state index contributed by atoms with van der Waals surface area (Å²) in [4.78, 5) is 24.6. The fourth-order valence-electron chi connectivity index (χ4n) is 3.86. The van der Waals surface area contributed by atoms with Crippen molar-refractivity contribution in [3.05, 3.63) is 59.2 Å². The molecular formula is C25H29N3O6. The summed E-state index contributed by atoms with van der Waals surface area (Å²) in [5, 5.41) is 18.1. The maximum Gasteiger partial charge on any atom is 0.306 e. The Kier molecular flexibility index (Phi) is 8.11. The first-order valence-electron chi connectivity index (χ1n) is 11.4. The number of morpholine rings is 1. The van der Waals surface area contributed by atoms with E-state index in [0.29, 0.717) is 37.5 Å². The van der Waals surface area contributed by atoms with Crippen molar-refractivity contribution >= 4 is 23.8 Å². The molecule has 9 heteroatoms. The molecule has 4 rings (SSSR count). The van der Waals surface area contributed by atoms with Crippen LogP contribution in [0.5, 0.6) is 5.75 Å². The summed E-state index contributed by atoms with van der Waals surface area (Å²) < 4.78 is 16.0. The lowest BCUT2D eigenvalue weighted by Crippen LogP contribution is -2.32. The Hall–Kier alpha value is -3.43. The van der Waals surface area contributed by atoms with E-state index in [-0.39, 0.29) is 37.4 Å². The highest BCUT2D eigenvalue weighted by atomic mass is 16.5. The number of hydrazone groups is 1. The zero-order valence-corrected chi connectivity index (χ0v) is 18.9. The number of aliphatic hydroxyl groups is 1. The molecule has 2 N–H and O–H groups in total. The SMILES string of the molecule is O=C(CC1COc2ccc(NC(=O)c3ccc(/C=N/N4CCOCC4)cc3)cc2C1)OCCO. The lowest BCUT2D eigenvalue weighted by Gasteiger charge is -2.25. The van der Waals surface area contributed by atoms with Crippen LogP contribution in [0.3, 0.4) is 0 Å². The van der Waals surface area contributed by atoms with Gasteiger partial charge in [0.25, 0.3) is 5.91 Å². The quantitative estimate of drug-likeness (QED) is 0.452. The van der Waals surface area contributed by atoms with Gasteiger partial charge in [-0.2, -0.15) is 5.10 Å². The van der Waals surface area contributed by atoms with Crippen molar-refractivity contribution in [2.45, 2.75) is 12.8 Å². The number of nitrogens with one attached hydrogen (secondary N) is 1. The Balaban J connectivity index is 1.33. The molecule has 0 bridgehead atoms. The van der Waals surface area contributed by atoms with E-state index in [9.17, 15) is 9.59 Å². The van der Waals surface area contributed by atoms with Crippen molar-refractivity contribution in [2.75, 3.05) is 51.4 Å². The van der Waals surface area contributed by atoms with Crippen molar-refractivity contribution in [1.29, 1.82) is 0 Å². The van der Waals surface area contributed by atoms with Crippen LogP contribution in [0.25, 0.3) is 0 Å². The molecule has 0 saturated carbocycles. The van der Waals surface area contributed by atoms with Crippen LogP contribution in [-0.2, 0) is 20.7 Å². The van der Waals surface area contributed by atoms with E-state index >= 15 is 0 Å². The number of hydrogen-bond acceptors (Lipinski definition) is 8. The van der Waals surface area contributed by atoms with Gasteiger partial charge in [-0.25, -0.2) is 0 Å². The van der Waals surface area contributed by atoms with Gasteiger partial charge in [0, 0.05) is 17.2 Å². The molecule has 2 aliphatic rings. The summed E-state index contributed by atoms with van der Waals surface area (Å²) >= 11 is 0. The molecule has 2 heterocycles. The number of nitrogens with zero attached hydrogens (tertiary/aromatic N) is 2. The highest BCUT2D eigenvalue weighted by molar-refractivity contribution is 6.04. The van der Waals surface area contributed by atoms with Crippen LogP contribution in [0.2, 0.25) is 0 Å². The molecule has 180 valence electrons. The topological polar surface area (TPSA) is 110 Å². The van der Waals surface area contributed by atoms with E-state index in [1.807, 2.05) is 29.3 Å². The normalized spacial score (nSPS) is 17.7. The highest BCUT2D eigenvalue weighted by Gasteiger charge is 2.23. The predicted molar refractivity (Wildman–Crippen MR) is 126 cm³/mol. The van der Waals surface area contributed by atoms with Crippen LogP contribution in [0.15, 0.2) is 47.6 Å². The van der Waals surface area contributed by atoms with Crippen molar-refractivity contribution in [1.82, 2.24) is 5.01 Å². The second kappa shape index (κ2) is 11.6. The predicted octanol–water partition coefficient (Wildman–Crippen LogP) is 2.08. The molecule has 34 heavy (non-hydrogen) atoms. The summed E-state index contributed by atoms with van der Waals surface area (Å²) in [7, 11) is 0. The molecular weight excluding hydrogens is 438 g/mol. The lowest BCUT2D eigenvalue weighted by atomic mass is 9.93. The largest absolute Gasteiger partial charge is 0.493 e. The van der Waals surface area contributed by atoms with Crippen LogP contribution in [-0.4, -0.2) is 74.3 Å². The molecule has 2 aliphatic heterocycles. The number of esters is 1. The minimum atomic E-state index is -0.353. The van der Waals surface area contributed by atoms with Gasteiger partial charge >= 0.3 is 5.97 Å². The standard InChI is InChI=1S/C25H29N3O6/c29-9-12-33-24(30)14-19-13-21-15-22(5-6-23(21)34-17-19)27-25(31)20-3-1-18(2-4-20)16-26-28-7-10-32-11-8-28/h1-6,15-16,19,29H,7-14,17H2,(H,27,31)/b26-16+. The number of fused-ring (bicyclic) bond motifs is 1. The maximum absolute atomic E-state index is 12.7. The molecule has 2 aromatic rings. The van der Waals surface area contributed by atoms with Gasteiger partial charge in [0.05, 0.1) is 52.2 Å². The van der Waals surface area contributed by atoms with Gasteiger partial charge in [-0.3, -0.25) is 14.6 Å². The molecule has 0 aliphatic carbocycles. The molecule has 1 atom stereocenters. The van der Waals surface area contributed by atoms with Gasteiger partial charge in [0.15, 0.2) is 0 Å². The molecule has 0 spiro atoms.